The molecule has 6 nitrogen and oxygen atoms in total. The standard InChI is InChI=1S/C17H26N2O4S/c1-12-5-6-13(2)14(7-12)8-17(20)18-16-10-23-9-15(16)11-24(21,22)19(3)4/h5-7,15-16H,8-11H2,1-4H3,(H,18,20). The summed E-state index contributed by atoms with van der Waals surface area (Å²) in [6.45, 7) is 4.68. The van der Waals surface area contributed by atoms with Crippen molar-refractivity contribution in [3.63, 3.8) is 0 Å². The van der Waals surface area contributed by atoms with E-state index in [0.717, 1.165) is 16.7 Å². The molecule has 0 bridgehead atoms. The number of rotatable bonds is 6. The summed E-state index contributed by atoms with van der Waals surface area (Å²) in [6, 6.07) is 5.76. The lowest BCUT2D eigenvalue weighted by atomic mass is 10.0. The second-order valence-electron chi connectivity index (χ2n) is 6.64. The first-order valence-electron chi connectivity index (χ1n) is 8.02. The lowest BCUT2D eigenvalue weighted by Crippen LogP contribution is -2.44. The number of amides is 1. The second-order valence-corrected chi connectivity index (χ2v) is 8.87. The molecule has 0 saturated carbocycles. The molecule has 2 unspecified atom stereocenters. The number of aryl methyl sites for hydroxylation is 2. The smallest absolute Gasteiger partial charge is 0.224 e. The number of hydrogen-bond donors (Lipinski definition) is 1. The van der Waals surface area contributed by atoms with Gasteiger partial charge in [0.05, 0.1) is 31.4 Å². The van der Waals surface area contributed by atoms with Crippen LogP contribution < -0.4 is 5.32 Å². The molecule has 0 radical (unpaired) electrons. The molecule has 2 atom stereocenters. The number of nitrogens with zero attached hydrogens (tertiary/aromatic N) is 1. The minimum absolute atomic E-state index is 0.0194. The van der Waals surface area contributed by atoms with Gasteiger partial charge in [0, 0.05) is 20.0 Å². The van der Waals surface area contributed by atoms with E-state index in [4.69, 9.17) is 4.74 Å². The van der Waals surface area contributed by atoms with Crippen molar-refractivity contribution in [2.24, 2.45) is 5.92 Å². The third-order valence-electron chi connectivity index (χ3n) is 4.38. The van der Waals surface area contributed by atoms with Crippen LogP contribution >= 0.6 is 0 Å². The Labute approximate surface area is 144 Å². The molecule has 1 aromatic rings. The van der Waals surface area contributed by atoms with Crippen LogP contribution in [-0.4, -0.2) is 57.7 Å². The van der Waals surface area contributed by atoms with E-state index in [2.05, 4.69) is 5.32 Å². The van der Waals surface area contributed by atoms with E-state index in [0.29, 0.717) is 13.2 Å². The van der Waals surface area contributed by atoms with Crippen molar-refractivity contribution in [2.75, 3.05) is 33.1 Å². The quantitative estimate of drug-likeness (QED) is 0.822. The van der Waals surface area contributed by atoms with E-state index in [1.54, 1.807) is 0 Å². The monoisotopic (exact) mass is 354 g/mol. The van der Waals surface area contributed by atoms with Gasteiger partial charge in [0.15, 0.2) is 0 Å². The molecule has 0 aliphatic carbocycles. The van der Waals surface area contributed by atoms with E-state index < -0.39 is 10.0 Å². The van der Waals surface area contributed by atoms with Crippen LogP contribution in [0, 0.1) is 19.8 Å². The molecule has 24 heavy (non-hydrogen) atoms. The third-order valence-corrected chi connectivity index (χ3v) is 6.34. The molecule has 1 saturated heterocycles. The Kier molecular flexibility index (Phi) is 6.01. The van der Waals surface area contributed by atoms with Crippen LogP contribution in [-0.2, 0) is 26.0 Å². The summed E-state index contributed by atoms with van der Waals surface area (Å²) in [6.07, 6.45) is 0.289. The highest BCUT2D eigenvalue weighted by atomic mass is 32.2. The maximum absolute atomic E-state index is 12.4. The molecule has 1 amide bonds. The maximum atomic E-state index is 12.4. The van der Waals surface area contributed by atoms with E-state index in [1.165, 1.54) is 18.4 Å². The number of ether oxygens (including phenoxy) is 1. The van der Waals surface area contributed by atoms with Crippen LogP contribution in [0.1, 0.15) is 16.7 Å². The first-order valence-corrected chi connectivity index (χ1v) is 9.63. The summed E-state index contributed by atoms with van der Waals surface area (Å²) in [4.78, 5) is 12.4. The van der Waals surface area contributed by atoms with Crippen LogP contribution in [0.5, 0.6) is 0 Å². The number of carbonyl (C=O) groups excluding carboxylic acids is 1. The first kappa shape index (κ1) is 18.9. The predicted octanol–water partition coefficient (Wildman–Crippen LogP) is 0.869. The molecule has 1 aliphatic rings. The van der Waals surface area contributed by atoms with Gasteiger partial charge in [-0.2, -0.15) is 0 Å². The fraction of sp³-hybridized carbons (Fsp3) is 0.588. The molecular formula is C17H26N2O4S. The minimum Gasteiger partial charge on any atom is -0.379 e. The van der Waals surface area contributed by atoms with E-state index in [9.17, 15) is 13.2 Å². The van der Waals surface area contributed by atoms with E-state index in [1.807, 2.05) is 32.0 Å². The van der Waals surface area contributed by atoms with Crippen molar-refractivity contribution >= 4 is 15.9 Å². The Bertz CT molecular complexity index is 701. The zero-order valence-corrected chi connectivity index (χ0v) is 15.5. The Balaban J connectivity index is 1.99. The Morgan fingerprint density at radius 1 is 1.29 bits per heavy atom. The normalized spacial score (nSPS) is 21.2. The number of carbonyl (C=O) groups is 1. The first-order chi connectivity index (χ1) is 11.2. The molecule has 1 N–H and O–H groups in total. The van der Waals surface area contributed by atoms with Gasteiger partial charge in [-0.25, -0.2) is 12.7 Å². The van der Waals surface area contributed by atoms with Crippen molar-refractivity contribution in [1.82, 2.24) is 9.62 Å². The van der Waals surface area contributed by atoms with E-state index in [-0.39, 0.29) is 30.0 Å². The average Bonchev–Trinajstić information content (AvgIpc) is 2.89. The molecule has 1 heterocycles. The Hall–Kier alpha value is -1.44. The van der Waals surface area contributed by atoms with Crippen molar-refractivity contribution in [2.45, 2.75) is 26.3 Å². The van der Waals surface area contributed by atoms with Gasteiger partial charge in [-0.1, -0.05) is 23.8 Å². The van der Waals surface area contributed by atoms with Crippen LogP contribution in [0.2, 0.25) is 0 Å². The predicted molar refractivity (Wildman–Crippen MR) is 93.3 cm³/mol. The zero-order valence-electron chi connectivity index (χ0n) is 14.7. The van der Waals surface area contributed by atoms with Gasteiger partial charge in [-0.3, -0.25) is 4.79 Å². The molecule has 7 heteroatoms. The van der Waals surface area contributed by atoms with Gasteiger partial charge in [-0.15, -0.1) is 0 Å². The molecule has 0 aromatic heterocycles. The van der Waals surface area contributed by atoms with Gasteiger partial charge in [0.25, 0.3) is 0 Å². The Morgan fingerprint density at radius 2 is 2.00 bits per heavy atom. The summed E-state index contributed by atoms with van der Waals surface area (Å²) in [5, 5.41) is 2.94. The minimum atomic E-state index is -3.32. The second kappa shape index (κ2) is 7.63. The van der Waals surface area contributed by atoms with Crippen LogP contribution in [0.25, 0.3) is 0 Å². The fourth-order valence-corrected chi connectivity index (χ4v) is 3.93. The van der Waals surface area contributed by atoms with Gasteiger partial charge in [0.1, 0.15) is 0 Å². The summed E-state index contributed by atoms with van der Waals surface area (Å²) >= 11 is 0. The molecule has 0 spiro atoms. The van der Waals surface area contributed by atoms with Gasteiger partial charge < -0.3 is 10.1 Å². The SMILES string of the molecule is Cc1ccc(C)c(CC(=O)NC2COCC2CS(=O)(=O)N(C)C)c1. The lowest BCUT2D eigenvalue weighted by Gasteiger charge is -2.21. The lowest BCUT2D eigenvalue weighted by molar-refractivity contribution is -0.121. The van der Waals surface area contributed by atoms with Crippen molar-refractivity contribution in [3.8, 4) is 0 Å². The van der Waals surface area contributed by atoms with Crippen molar-refractivity contribution in [3.05, 3.63) is 34.9 Å². The molecule has 1 aliphatic heterocycles. The third kappa shape index (κ3) is 4.78. The highest BCUT2D eigenvalue weighted by Gasteiger charge is 2.34. The molecule has 1 fully saturated rings. The molecule has 2 rings (SSSR count). The number of hydrogen-bond acceptors (Lipinski definition) is 4. The maximum Gasteiger partial charge on any atom is 0.224 e. The van der Waals surface area contributed by atoms with Gasteiger partial charge >= 0.3 is 0 Å². The largest absolute Gasteiger partial charge is 0.379 e. The summed E-state index contributed by atoms with van der Waals surface area (Å²) < 4.78 is 30.7. The highest BCUT2D eigenvalue weighted by Crippen LogP contribution is 2.18. The topological polar surface area (TPSA) is 75.7 Å². The van der Waals surface area contributed by atoms with Crippen LogP contribution in [0.4, 0.5) is 0 Å². The van der Waals surface area contributed by atoms with Crippen molar-refractivity contribution in [1.29, 1.82) is 0 Å². The van der Waals surface area contributed by atoms with E-state index >= 15 is 0 Å². The van der Waals surface area contributed by atoms with Crippen molar-refractivity contribution < 1.29 is 17.9 Å². The highest BCUT2D eigenvalue weighted by molar-refractivity contribution is 7.89. The summed E-state index contributed by atoms with van der Waals surface area (Å²) in [7, 11) is -0.293. The van der Waals surface area contributed by atoms with Gasteiger partial charge in [0.2, 0.25) is 15.9 Å². The van der Waals surface area contributed by atoms with Crippen LogP contribution in [0.3, 0.4) is 0 Å². The summed E-state index contributed by atoms with van der Waals surface area (Å²) in [5.41, 5.74) is 3.18. The molecular weight excluding hydrogens is 328 g/mol. The summed E-state index contributed by atoms with van der Waals surface area (Å²) in [5.74, 6) is -0.347. The molecule has 1 aromatic carbocycles. The zero-order chi connectivity index (χ0) is 17.9. The Morgan fingerprint density at radius 3 is 2.67 bits per heavy atom. The number of nitrogens with one attached hydrogen (secondary N) is 1. The fourth-order valence-electron chi connectivity index (χ4n) is 2.76. The number of benzene rings is 1. The molecule has 134 valence electrons. The average molecular weight is 354 g/mol. The van der Waals surface area contributed by atoms with Crippen LogP contribution in [0.15, 0.2) is 18.2 Å². The van der Waals surface area contributed by atoms with Gasteiger partial charge in [-0.05, 0) is 25.0 Å². The number of sulfonamides is 1.